The molecular formula is C11H14F3N. The van der Waals surface area contributed by atoms with Crippen molar-refractivity contribution >= 4 is 0 Å². The summed E-state index contributed by atoms with van der Waals surface area (Å²) in [6, 6.07) is 3.00. The molecule has 15 heavy (non-hydrogen) atoms. The SMILES string of the molecule is CC(C)(C)C(c1cccnc1)C(F)(F)F. The van der Waals surface area contributed by atoms with Gasteiger partial charge in [-0.3, -0.25) is 4.98 Å². The first kappa shape index (κ1) is 12.0. The molecule has 0 amide bonds. The summed E-state index contributed by atoms with van der Waals surface area (Å²) >= 11 is 0. The summed E-state index contributed by atoms with van der Waals surface area (Å²) in [7, 11) is 0. The van der Waals surface area contributed by atoms with E-state index in [2.05, 4.69) is 4.98 Å². The molecule has 0 N–H and O–H groups in total. The molecule has 84 valence electrons. The molecule has 0 aliphatic carbocycles. The molecule has 0 radical (unpaired) electrons. The third-order valence-electron chi connectivity index (χ3n) is 2.21. The maximum atomic E-state index is 12.9. The number of hydrogen-bond acceptors (Lipinski definition) is 1. The summed E-state index contributed by atoms with van der Waals surface area (Å²) in [6.07, 6.45) is -1.48. The van der Waals surface area contributed by atoms with E-state index in [1.165, 1.54) is 24.5 Å². The zero-order valence-corrected chi connectivity index (χ0v) is 8.97. The predicted octanol–water partition coefficient (Wildman–Crippen LogP) is 3.77. The lowest BCUT2D eigenvalue weighted by Gasteiger charge is -2.32. The van der Waals surface area contributed by atoms with E-state index < -0.39 is 17.5 Å². The second-order valence-electron chi connectivity index (χ2n) is 4.63. The van der Waals surface area contributed by atoms with Crippen molar-refractivity contribution in [3.63, 3.8) is 0 Å². The zero-order chi connectivity index (χ0) is 11.7. The van der Waals surface area contributed by atoms with Gasteiger partial charge in [0.15, 0.2) is 0 Å². The lowest BCUT2D eigenvalue weighted by molar-refractivity contribution is -0.171. The smallest absolute Gasteiger partial charge is 0.264 e. The standard InChI is InChI=1S/C11H14F3N/c1-10(2,3)9(11(12,13)14)8-5-4-6-15-7-8/h4-7,9H,1-3H3. The molecule has 1 heterocycles. The Morgan fingerprint density at radius 1 is 1.20 bits per heavy atom. The van der Waals surface area contributed by atoms with Crippen LogP contribution in [0.1, 0.15) is 32.3 Å². The van der Waals surface area contributed by atoms with Crippen molar-refractivity contribution in [3.05, 3.63) is 30.1 Å². The Bertz CT molecular complexity index is 297. The summed E-state index contributed by atoms with van der Waals surface area (Å²) in [5.74, 6) is -1.47. The van der Waals surface area contributed by atoms with Gasteiger partial charge in [-0.25, -0.2) is 0 Å². The Labute approximate surface area is 87.3 Å². The molecule has 1 aromatic heterocycles. The van der Waals surface area contributed by atoms with E-state index in [1.807, 2.05) is 0 Å². The van der Waals surface area contributed by atoms with Gasteiger partial charge < -0.3 is 0 Å². The first-order valence-electron chi connectivity index (χ1n) is 4.69. The Balaban J connectivity index is 3.15. The van der Waals surface area contributed by atoms with Crippen LogP contribution in [0, 0.1) is 5.41 Å². The molecule has 1 unspecified atom stereocenters. The van der Waals surface area contributed by atoms with Crippen LogP contribution in [0.3, 0.4) is 0 Å². The van der Waals surface area contributed by atoms with Gasteiger partial charge in [0.25, 0.3) is 0 Å². The quantitative estimate of drug-likeness (QED) is 0.697. The third-order valence-corrected chi connectivity index (χ3v) is 2.21. The van der Waals surface area contributed by atoms with Gasteiger partial charge in [0.05, 0.1) is 5.92 Å². The lowest BCUT2D eigenvalue weighted by atomic mass is 9.76. The zero-order valence-electron chi connectivity index (χ0n) is 8.97. The maximum absolute atomic E-state index is 12.9. The Morgan fingerprint density at radius 3 is 2.13 bits per heavy atom. The van der Waals surface area contributed by atoms with Crippen LogP contribution in [-0.4, -0.2) is 11.2 Å². The Kier molecular flexibility index (Phi) is 3.07. The molecule has 0 aliphatic rings. The molecule has 0 aromatic carbocycles. The second-order valence-corrected chi connectivity index (χ2v) is 4.63. The van der Waals surface area contributed by atoms with Crippen molar-refractivity contribution in [2.45, 2.75) is 32.9 Å². The van der Waals surface area contributed by atoms with E-state index in [1.54, 1.807) is 20.8 Å². The first-order chi connectivity index (χ1) is 6.73. The number of halogens is 3. The molecule has 1 aromatic rings. The summed E-state index contributed by atoms with van der Waals surface area (Å²) in [6.45, 7) is 4.74. The van der Waals surface area contributed by atoms with Gasteiger partial charge in [-0.15, -0.1) is 0 Å². The molecule has 0 saturated carbocycles. The molecule has 1 rings (SSSR count). The van der Waals surface area contributed by atoms with Crippen molar-refractivity contribution < 1.29 is 13.2 Å². The number of pyridine rings is 1. The van der Waals surface area contributed by atoms with Crippen LogP contribution in [0.4, 0.5) is 13.2 Å². The Morgan fingerprint density at radius 2 is 1.80 bits per heavy atom. The second kappa shape index (κ2) is 3.83. The van der Waals surface area contributed by atoms with Gasteiger partial charge in [-0.1, -0.05) is 26.8 Å². The van der Waals surface area contributed by atoms with Crippen LogP contribution in [0.5, 0.6) is 0 Å². The molecule has 1 atom stereocenters. The topological polar surface area (TPSA) is 12.9 Å². The van der Waals surface area contributed by atoms with Crippen LogP contribution >= 0.6 is 0 Å². The van der Waals surface area contributed by atoms with Gasteiger partial charge in [-0.05, 0) is 17.0 Å². The van der Waals surface area contributed by atoms with E-state index >= 15 is 0 Å². The fourth-order valence-electron chi connectivity index (χ4n) is 1.73. The Hall–Kier alpha value is -1.06. The molecule has 4 heteroatoms. The lowest BCUT2D eigenvalue weighted by Crippen LogP contribution is -2.32. The number of aromatic nitrogens is 1. The fraction of sp³-hybridized carbons (Fsp3) is 0.545. The monoisotopic (exact) mass is 217 g/mol. The molecular weight excluding hydrogens is 203 g/mol. The number of hydrogen-bond donors (Lipinski definition) is 0. The normalized spacial score (nSPS) is 15.1. The minimum atomic E-state index is -4.23. The van der Waals surface area contributed by atoms with Gasteiger partial charge in [0.2, 0.25) is 0 Å². The van der Waals surface area contributed by atoms with Crippen LogP contribution in [-0.2, 0) is 0 Å². The largest absolute Gasteiger partial charge is 0.396 e. The summed E-state index contributed by atoms with van der Waals surface area (Å²) < 4.78 is 38.6. The van der Waals surface area contributed by atoms with Crippen molar-refractivity contribution in [3.8, 4) is 0 Å². The van der Waals surface area contributed by atoms with E-state index in [4.69, 9.17) is 0 Å². The minimum absolute atomic E-state index is 0.220. The third kappa shape index (κ3) is 2.94. The summed E-state index contributed by atoms with van der Waals surface area (Å²) in [4.78, 5) is 3.73. The van der Waals surface area contributed by atoms with Gasteiger partial charge >= 0.3 is 6.18 Å². The van der Waals surface area contributed by atoms with Gasteiger partial charge in [0, 0.05) is 12.4 Å². The fourth-order valence-corrected chi connectivity index (χ4v) is 1.73. The molecule has 0 aliphatic heterocycles. The van der Waals surface area contributed by atoms with Crippen LogP contribution in [0.2, 0.25) is 0 Å². The molecule has 1 nitrogen and oxygen atoms in total. The predicted molar refractivity (Wildman–Crippen MR) is 52.5 cm³/mol. The summed E-state index contributed by atoms with van der Waals surface area (Å²) in [5.41, 5.74) is -0.640. The maximum Gasteiger partial charge on any atom is 0.396 e. The highest BCUT2D eigenvalue weighted by Crippen LogP contribution is 2.46. The number of rotatable bonds is 1. The molecule has 0 bridgehead atoms. The minimum Gasteiger partial charge on any atom is -0.264 e. The van der Waals surface area contributed by atoms with E-state index in [0.717, 1.165) is 0 Å². The van der Waals surface area contributed by atoms with Crippen molar-refractivity contribution in [1.82, 2.24) is 4.98 Å². The highest BCUT2D eigenvalue weighted by molar-refractivity contribution is 5.19. The van der Waals surface area contributed by atoms with Crippen molar-refractivity contribution in [2.24, 2.45) is 5.41 Å². The highest BCUT2D eigenvalue weighted by Gasteiger charge is 2.47. The average molecular weight is 217 g/mol. The molecule has 0 spiro atoms. The first-order valence-corrected chi connectivity index (χ1v) is 4.69. The van der Waals surface area contributed by atoms with Gasteiger partial charge in [-0.2, -0.15) is 13.2 Å². The summed E-state index contributed by atoms with van der Waals surface area (Å²) in [5, 5.41) is 0. The molecule has 0 fully saturated rings. The van der Waals surface area contributed by atoms with Crippen molar-refractivity contribution in [1.29, 1.82) is 0 Å². The van der Waals surface area contributed by atoms with Gasteiger partial charge in [0.1, 0.15) is 0 Å². The van der Waals surface area contributed by atoms with E-state index in [9.17, 15) is 13.2 Å². The van der Waals surface area contributed by atoms with Crippen LogP contribution < -0.4 is 0 Å². The van der Waals surface area contributed by atoms with Crippen LogP contribution in [0.15, 0.2) is 24.5 Å². The van der Waals surface area contributed by atoms with Crippen LogP contribution in [0.25, 0.3) is 0 Å². The number of alkyl halides is 3. The van der Waals surface area contributed by atoms with Crippen molar-refractivity contribution in [2.75, 3.05) is 0 Å². The molecule has 0 saturated heterocycles. The van der Waals surface area contributed by atoms with E-state index in [0.29, 0.717) is 0 Å². The average Bonchev–Trinajstić information content (AvgIpc) is 2.00. The highest BCUT2D eigenvalue weighted by atomic mass is 19.4. The van der Waals surface area contributed by atoms with E-state index in [-0.39, 0.29) is 5.56 Å². The number of nitrogens with zero attached hydrogens (tertiary/aromatic N) is 1.